The largest absolute Gasteiger partial charge is 0.480 e. The maximum absolute atomic E-state index is 13.5. The van der Waals surface area contributed by atoms with E-state index in [1.165, 1.54) is 0 Å². The van der Waals surface area contributed by atoms with Crippen LogP contribution in [0.15, 0.2) is 35.5 Å². The highest BCUT2D eigenvalue weighted by Crippen LogP contribution is 2.19. The van der Waals surface area contributed by atoms with Gasteiger partial charge in [0, 0.05) is 30.1 Å². The first kappa shape index (κ1) is 33.5. The van der Waals surface area contributed by atoms with E-state index in [2.05, 4.69) is 25.9 Å². The van der Waals surface area contributed by atoms with Gasteiger partial charge in [0.25, 0.3) is 0 Å². The molecular weight excluding hydrogens is 546 g/mol. The second kappa shape index (κ2) is 16.0. The molecule has 0 fully saturated rings. The Labute approximate surface area is 243 Å². The lowest BCUT2D eigenvalue weighted by atomic mass is 9.98. The van der Waals surface area contributed by atoms with Crippen LogP contribution < -0.4 is 38.9 Å². The Balaban J connectivity index is 2.28. The van der Waals surface area contributed by atoms with Crippen LogP contribution in [0.4, 0.5) is 0 Å². The van der Waals surface area contributed by atoms with Gasteiger partial charge in [0.2, 0.25) is 23.6 Å². The fraction of sp³-hybridized carbons (Fsp3) is 0.481. The zero-order chi connectivity index (χ0) is 31.4. The maximum atomic E-state index is 13.5. The molecule has 1 aromatic carbocycles. The maximum Gasteiger partial charge on any atom is 0.326 e. The molecule has 15 heteroatoms. The zero-order valence-electron chi connectivity index (χ0n) is 23.8. The monoisotopic (exact) mass is 587 g/mol. The van der Waals surface area contributed by atoms with Crippen LogP contribution in [0, 0.1) is 5.92 Å². The lowest BCUT2D eigenvalue weighted by Crippen LogP contribution is -2.58. The van der Waals surface area contributed by atoms with Gasteiger partial charge in [0.1, 0.15) is 18.1 Å². The number of aliphatic carboxylic acids is 1. The van der Waals surface area contributed by atoms with E-state index in [0.717, 1.165) is 10.9 Å². The van der Waals surface area contributed by atoms with Crippen molar-refractivity contribution in [1.82, 2.24) is 20.9 Å². The summed E-state index contributed by atoms with van der Waals surface area (Å²) in [4.78, 5) is 70.0. The first-order chi connectivity index (χ1) is 19.8. The standard InChI is InChI=1S/C27H41N9O6/c1-3-14(2)22(26(41)42)36-25(40)20(12-21(29)37)35-24(39)19(11-15-13-33-18-9-5-4-7-16(15)18)34-23(38)17(28)8-6-10-32-27(30)31/h4-5,7,9,13-14,17,19-20,22,33H,3,6,8,10-12,28H2,1-2H3,(H2,29,37)(H,34,38)(H,35,39)(H,36,40)(H,41,42)(H4,30,31,32). The number of nitrogens with zero attached hydrogens (tertiary/aromatic N) is 1. The number of rotatable bonds is 17. The van der Waals surface area contributed by atoms with Crippen LogP contribution >= 0.6 is 0 Å². The number of H-pyrrole nitrogens is 1. The second-order valence-electron chi connectivity index (χ2n) is 10.1. The molecule has 0 aliphatic rings. The molecule has 5 unspecified atom stereocenters. The van der Waals surface area contributed by atoms with Gasteiger partial charge in [-0.3, -0.25) is 24.2 Å². The molecule has 0 saturated carbocycles. The summed E-state index contributed by atoms with van der Waals surface area (Å²) in [6.07, 6.45) is 2.20. The van der Waals surface area contributed by atoms with E-state index >= 15 is 0 Å². The molecule has 0 aliphatic heterocycles. The van der Waals surface area contributed by atoms with E-state index < -0.39 is 66.1 Å². The van der Waals surface area contributed by atoms with Crippen LogP contribution in [0.3, 0.4) is 0 Å². The lowest BCUT2D eigenvalue weighted by Gasteiger charge is -2.26. The van der Waals surface area contributed by atoms with Crippen molar-refractivity contribution in [1.29, 1.82) is 0 Å². The molecule has 13 N–H and O–H groups in total. The normalized spacial score (nSPS) is 14.5. The topological polar surface area (TPSA) is 274 Å². The minimum atomic E-state index is -1.49. The molecule has 0 spiro atoms. The Morgan fingerprint density at radius 2 is 1.62 bits per heavy atom. The Kier molecular flexibility index (Phi) is 12.7. The third-order valence-electron chi connectivity index (χ3n) is 6.85. The highest BCUT2D eigenvalue weighted by atomic mass is 16.4. The number of fused-ring (bicyclic) bond motifs is 1. The quantitative estimate of drug-likeness (QED) is 0.0594. The van der Waals surface area contributed by atoms with Crippen LogP contribution in [-0.4, -0.2) is 76.4 Å². The molecule has 1 aromatic heterocycles. The van der Waals surface area contributed by atoms with Crippen molar-refractivity contribution in [2.75, 3.05) is 6.54 Å². The first-order valence-corrected chi connectivity index (χ1v) is 13.6. The van der Waals surface area contributed by atoms with Crippen molar-refractivity contribution in [2.24, 2.45) is 33.8 Å². The molecule has 0 saturated heterocycles. The summed E-state index contributed by atoms with van der Waals surface area (Å²) in [6.45, 7) is 3.67. The fourth-order valence-corrected chi connectivity index (χ4v) is 4.28. The number of para-hydroxylation sites is 1. The number of hydrogen-bond donors (Lipinski definition) is 9. The zero-order valence-corrected chi connectivity index (χ0v) is 23.8. The number of aromatic nitrogens is 1. The number of hydrogen-bond acceptors (Lipinski definition) is 7. The second-order valence-corrected chi connectivity index (χ2v) is 10.1. The van der Waals surface area contributed by atoms with E-state index in [4.69, 9.17) is 22.9 Å². The summed E-state index contributed by atoms with van der Waals surface area (Å²) < 4.78 is 0. The highest BCUT2D eigenvalue weighted by Gasteiger charge is 2.33. The van der Waals surface area contributed by atoms with Gasteiger partial charge >= 0.3 is 5.97 Å². The Bertz CT molecular complexity index is 1290. The average molecular weight is 588 g/mol. The minimum absolute atomic E-state index is 0.0117. The molecule has 2 rings (SSSR count). The molecule has 2 aromatic rings. The van der Waals surface area contributed by atoms with Gasteiger partial charge < -0.3 is 49.0 Å². The summed E-state index contributed by atoms with van der Waals surface area (Å²) in [6, 6.07) is 2.41. The third kappa shape index (κ3) is 10.1. The smallest absolute Gasteiger partial charge is 0.326 e. The SMILES string of the molecule is CCC(C)C(NC(=O)C(CC(N)=O)NC(=O)C(Cc1c[nH]c2ccccc12)NC(=O)C(N)CCCN=C(N)N)C(=O)O. The van der Waals surface area contributed by atoms with Crippen LogP contribution in [0.25, 0.3) is 10.9 Å². The van der Waals surface area contributed by atoms with Crippen LogP contribution in [0.2, 0.25) is 0 Å². The van der Waals surface area contributed by atoms with E-state index in [1.54, 1.807) is 20.0 Å². The number of primary amides is 1. The Morgan fingerprint density at radius 3 is 2.24 bits per heavy atom. The summed E-state index contributed by atoms with van der Waals surface area (Å²) in [5.41, 5.74) is 23.5. The van der Waals surface area contributed by atoms with Gasteiger partial charge in [-0.05, 0) is 30.4 Å². The van der Waals surface area contributed by atoms with Crippen LogP contribution in [0.5, 0.6) is 0 Å². The molecule has 0 bridgehead atoms. The number of aliphatic imine (C=N–C) groups is 1. The predicted octanol–water partition coefficient (Wildman–Crippen LogP) is -1.45. The molecule has 0 aliphatic carbocycles. The van der Waals surface area contributed by atoms with Crippen molar-refractivity contribution in [3.63, 3.8) is 0 Å². The van der Waals surface area contributed by atoms with Crippen molar-refractivity contribution in [2.45, 2.75) is 70.1 Å². The number of nitrogens with two attached hydrogens (primary N) is 4. The Morgan fingerprint density at radius 1 is 0.976 bits per heavy atom. The minimum Gasteiger partial charge on any atom is -0.480 e. The summed E-state index contributed by atoms with van der Waals surface area (Å²) in [7, 11) is 0. The number of carboxylic acid groups (broad SMARTS) is 1. The number of nitrogens with one attached hydrogen (secondary N) is 4. The molecule has 5 atom stereocenters. The number of amides is 4. The van der Waals surface area contributed by atoms with Crippen LogP contribution in [-0.2, 0) is 30.4 Å². The first-order valence-electron chi connectivity index (χ1n) is 13.6. The van der Waals surface area contributed by atoms with Crippen molar-refractivity contribution < 1.29 is 29.1 Å². The van der Waals surface area contributed by atoms with Gasteiger partial charge in [0.05, 0.1) is 12.5 Å². The number of carbonyl (C=O) groups excluding carboxylic acids is 4. The predicted molar refractivity (Wildman–Crippen MR) is 157 cm³/mol. The molecule has 1 heterocycles. The van der Waals surface area contributed by atoms with Gasteiger partial charge in [-0.15, -0.1) is 0 Å². The highest BCUT2D eigenvalue weighted by molar-refractivity contribution is 5.96. The Hall–Kier alpha value is -4.66. The molecule has 42 heavy (non-hydrogen) atoms. The number of carbonyl (C=O) groups is 5. The van der Waals surface area contributed by atoms with Crippen molar-refractivity contribution in [3.05, 3.63) is 36.0 Å². The third-order valence-corrected chi connectivity index (χ3v) is 6.85. The number of carboxylic acids is 1. The number of benzene rings is 1. The van der Waals surface area contributed by atoms with E-state index in [9.17, 15) is 29.1 Å². The molecule has 230 valence electrons. The van der Waals surface area contributed by atoms with E-state index in [-0.39, 0.29) is 25.3 Å². The van der Waals surface area contributed by atoms with Crippen molar-refractivity contribution in [3.8, 4) is 0 Å². The fourth-order valence-electron chi connectivity index (χ4n) is 4.28. The van der Waals surface area contributed by atoms with Crippen LogP contribution in [0.1, 0.15) is 45.1 Å². The van der Waals surface area contributed by atoms with Crippen molar-refractivity contribution >= 4 is 46.5 Å². The summed E-state index contributed by atoms with van der Waals surface area (Å²) >= 11 is 0. The molecular formula is C27H41N9O6. The molecule has 0 radical (unpaired) electrons. The average Bonchev–Trinajstić information content (AvgIpc) is 3.34. The van der Waals surface area contributed by atoms with E-state index in [1.807, 2.05) is 24.3 Å². The number of aromatic amines is 1. The summed E-state index contributed by atoms with van der Waals surface area (Å²) in [5.74, 6) is -5.00. The lowest BCUT2D eigenvalue weighted by molar-refractivity contribution is -0.144. The summed E-state index contributed by atoms with van der Waals surface area (Å²) in [5, 5.41) is 17.9. The molecule has 4 amide bonds. The van der Waals surface area contributed by atoms with E-state index in [0.29, 0.717) is 18.4 Å². The molecule has 15 nitrogen and oxygen atoms in total. The van der Waals surface area contributed by atoms with Gasteiger partial charge in [-0.25, -0.2) is 4.79 Å². The van der Waals surface area contributed by atoms with Gasteiger partial charge in [-0.2, -0.15) is 0 Å². The van der Waals surface area contributed by atoms with Gasteiger partial charge in [-0.1, -0.05) is 38.5 Å². The number of guanidine groups is 1. The van der Waals surface area contributed by atoms with Gasteiger partial charge in [0.15, 0.2) is 5.96 Å².